The number of nitrogens with one attached hydrogen (secondary N) is 1. The van der Waals surface area contributed by atoms with Gasteiger partial charge in [0.2, 0.25) is 0 Å². The number of carbonyl (C=O) groups excluding carboxylic acids is 1. The van der Waals surface area contributed by atoms with E-state index in [0.29, 0.717) is 6.54 Å². The number of nitrogens with zero attached hydrogens (tertiary/aromatic N) is 1. The highest BCUT2D eigenvalue weighted by atomic mass is 16.3. The minimum absolute atomic E-state index is 0.0138. The van der Waals surface area contributed by atoms with Crippen LogP contribution in [0.2, 0.25) is 0 Å². The summed E-state index contributed by atoms with van der Waals surface area (Å²) in [6.07, 6.45) is 6.78. The molecule has 1 rings (SSSR count). The van der Waals surface area contributed by atoms with Gasteiger partial charge in [0, 0.05) is 13.1 Å². The number of likely N-dealkylation sites (tertiary alicyclic amines) is 1. The molecule has 0 bridgehead atoms. The summed E-state index contributed by atoms with van der Waals surface area (Å²) in [4.78, 5) is 13.9. The molecule has 4 nitrogen and oxygen atoms in total. The molecular weight excluding hydrogens is 240 g/mol. The molecule has 2 amide bonds. The first kappa shape index (κ1) is 16.3. The van der Waals surface area contributed by atoms with Gasteiger partial charge in [-0.05, 0) is 24.7 Å². The molecule has 1 unspecified atom stereocenters. The van der Waals surface area contributed by atoms with E-state index in [-0.39, 0.29) is 24.1 Å². The molecule has 0 radical (unpaired) electrons. The van der Waals surface area contributed by atoms with Gasteiger partial charge in [-0.25, -0.2) is 4.79 Å². The molecule has 1 fully saturated rings. The maximum Gasteiger partial charge on any atom is 0.317 e. The molecule has 1 atom stereocenters. The molecule has 4 heteroatoms. The lowest BCUT2D eigenvalue weighted by atomic mass is 9.87. The molecule has 2 N–H and O–H groups in total. The molecule has 1 aliphatic heterocycles. The highest BCUT2D eigenvalue weighted by Gasteiger charge is 2.29. The molecule has 112 valence electrons. The Morgan fingerprint density at radius 3 is 2.79 bits per heavy atom. The van der Waals surface area contributed by atoms with Crippen molar-refractivity contribution in [3.05, 3.63) is 0 Å². The van der Waals surface area contributed by atoms with E-state index in [1.165, 1.54) is 19.3 Å². The van der Waals surface area contributed by atoms with Crippen LogP contribution in [0.3, 0.4) is 0 Å². The predicted molar refractivity (Wildman–Crippen MR) is 78.1 cm³/mol. The first-order valence-corrected chi connectivity index (χ1v) is 7.65. The zero-order valence-corrected chi connectivity index (χ0v) is 12.7. The van der Waals surface area contributed by atoms with Gasteiger partial charge < -0.3 is 15.3 Å². The van der Waals surface area contributed by atoms with E-state index in [1.54, 1.807) is 4.90 Å². The van der Waals surface area contributed by atoms with Crippen LogP contribution in [0.25, 0.3) is 0 Å². The second-order valence-corrected chi connectivity index (χ2v) is 6.45. The van der Waals surface area contributed by atoms with E-state index >= 15 is 0 Å². The highest BCUT2D eigenvalue weighted by molar-refractivity contribution is 5.74. The van der Waals surface area contributed by atoms with E-state index < -0.39 is 0 Å². The minimum atomic E-state index is -0.0138. The van der Waals surface area contributed by atoms with Gasteiger partial charge in [-0.2, -0.15) is 0 Å². The zero-order chi connectivity index (χ0) is 14.3. The van der Waals surface area contributed by atoms with Crippen molar-refractivity contribution in [2.24, 2.45) is 5.41 Å². The van der Waals surface area contributed by atoms with E-state index in [4.69, 9.17) is 0 Å². The summed E-state index contributed by atoms with van der Waals surface area (Å²) in [6.45, 7) is 8.18. The Balaban J connectivity index is 2.32. The van der Waals surface area contributed by atoms with Crippen LogP contribution in [0.1, 0.15) is 59.3 Å². The summed E-state index contributed by atoms with van der Waals surface area (Å²) in [5.41, 5.74) is 0.152. The molecule has 0 aromatic carbocycles. The Kier molecular flexibility index (Phi) is 6.63. The van der Waals surface area contributed by atoms with Gasteiger partial charge in [0.1, 0.15) is 0 Å². The second-order valence-electron chi connectivity index (χ2n) is 6.45. The number of unbranched alkanes of at least 4 members (excludes halogenated alkanes) is 2. The van der Waals surface area contributed by atoms with Crippen LogP contribution in [-0.2, 0) is 0 Å². The molecule has 19 heavy (non-hydrogen) atoms. The van der Waals surface area contributed by atoms with Gasteiger partial charge in [0.25, 0.3) is 0 Å². The summed E-state index contributed by atoms with van der Waals surface area (Å²) in [7, 11) is 0. The summed E-state index contributed by atoms with van der Waals surface area (Å²) >= 11 is 0. The standard InChI is InChI=1S/C15H30N2O2/c1-4-5-6-9-15(2,3)12-16-14(19)17-10-7-8-13(17)11-18/h13,18H,4-12H2,1-3H3,(H,16,19). The smallest absolute Gasteiger partial charge is 0.317 e. The van der Waals surface area contributed by atoms with Gasteiger partial charge in [-0.3, -0.25) is 0 Å². The van der Waals surface area contributed by atoms with Gasteiger partial charge in [0.15, 0.2) is 0 Å². The molecular formula is C15H30N2O2. The third-order valence-corrected chi connectivity index (χ3v) is 4.02. The lowest BCUT2D eigenvalue weighted by molar-refractivity contribution is 0.153. The lowest BCUT2D eigenvalue weighted by Crippen LogP contribution is -2.46. The maximum atomic E-state index is 12.1. The molecule has 1 heterocycles. The van der Waals surface area contributed by atoms with Gasteiger partial charge in [-0.15, -0.1) is 0 Å². The van der Waals surface area contributed by atoms with E-state index in [9.17, 15) is 9.90 Å². The quantitative estimate of drug-likeness (QED) is 0.699. The van der Waals surface area contributed by atoms with Crippen LogP contribution in [0.15, 0.2) is 0 Å². The lowest BCUT2D eigenvalue weighted by Gasteiger charge is -2.28. The van der Waals surface area contributed by atoms with Crippen LogP contribution in [0, 0.1) is 5.41 Å². The third-order valence-electron chi connectivity index (χ3n) is 4.02. The fourth-order valence-electron chi connectivity index (χ4n) is 2.65. The second kappa shape index (κ2) is 7.73. The summed E-state index contributed by atoms with van der Waals surface area (Å²) in [5.74, 6) is 0. The average Bonchev–Trinajstić information content (AvgIpc) is 2.84. The first-order chi connectivity index (χ1) is 9.00. The van der Waals surface area contributed by atoms with Crippen molar-refractivity contribution in [2.45, 2.75) is 65.3 Å². The number of hydrogen-bond donors (Lipinski definition) is 2. The molecule has 0 aliphatic carbocycles. The number of amides is 2. The van der Waals surface area contributed by atoms with Crippen LogP contribution in [-0.4, -0.2) is 41.8 Å². The summed E-state index contributed by atoms with van der Waals surface area (Å²) < 4.78 is 0. The fraction of sp³-hybridized carbons (Fsp3) is 0.933. The van der Waals surface area contributed by atoms with E-state index in [1.807, 2.05) is 0 Å². The van der Waals surface area contributed by atoms with Gasteiger partial charge in [-0.1, -0.05) is 40.0 Å². The van der Waals surface area contributed by atoms with Crippen LogP contribution < -0.4 is 5.32 Å². The molecule has 0 spiro atoms. The Labute approximate surface area is 117 Å². The van der Waals surface area contributed by atoms with E-state index in [0.717, 1.165) is 25.8 Å². The Morgan fingerprint density at radius 1 is 1.42 bits per heavy atom. The molecule has 0 saturated carbocycles. The maximum absolute atomic E-state index is 12.1. The van der Waals surface area contributed by atoms with Crippen molar-refractivity contribution in [1.82, 2.24) is 10.2 Å². The monoisotopic (exact) mass is 270 g/mol. The van der Waals surface area contributed by atoms with Gasteiger partial charge >= 0.3 is 6.03 Å². The fourth-order valence-corrected chi connectivity index (χ4v) is 2.65. The Bertz CT molecular complexity index is 279. The topological polar surface area (TPSA) is 52.6 Å². The van der Waals surface area contributed by atoms with Crippen molar-refractivity contribution in [2.75, 3.05) is 19.7 Å². The van der Waals surface area contributed by atoms with Crippen molar-refractivity contribution in [1.29, 1.82) is 0 Å². The van der Waals surface area contributed by atoms with Crippen LogP contribution in [0.5, 0.6) is 0 Å². The molecule has 1 aliphatic rings. The van der Waals surface area contributed by atoms with Crippen molar-refractivity contribution >= 4 is 6.03 Å². The minimum Gasteiger partial charge on any atom is -0.394 e. The number of urea groups is 1. The average molecular weight is 270 g/mol. The largest absolute Gasteiger partial charge is 0.394 e. The van der Waals surface area contributed by atoms with Gasteiger partial charge in [0.05, 0.1) is 12.6 Å². The van der Waals surface area contributed by atoms with Crippen LogP contribution >= 0.6 is 0 Å². The molecule has 1 saturated heterocycles. The SMILES string of the molecule is CCCCCC(C)(C)CNC(=O)N1CCCC1CO. The van der Waals surface area contributed by atoms with Crippen molar-refractivity contribution in [3.63, 3.8) is 0 Å². The molecule has 0 aromatic rings. The van der Waals surface area contributed by atoms with Crippen molar-refractivity contribution < 1.29 is 9.90 Å². The van der Waals surface area contributed by atoms with E-state index in [2.05, 4.69) is 26.1 Å². The number of hydrogen-bond acceptors (Lipinski definition) is 2. The van der Waals surface area contributed by atoms with Crippen LogP contribution in [0.4, 0.5) is 4.79 Å². The predicted octanol–water partition coefficient (Wildman–Crippen LogP) is 2.76. The summed E-state index contributed by atoms with van der Waals surface area (Å²) in [5, 5.41) is 12.3. The Hall–Kier alpha value is -0.770. The molecule has 0 aromatic heterocycles. The number of rotatable bonds is 7. The number of carbonyl (C=O) groups is 1. The Morgan fingerprint density at radius 2 is 2.16 bits per heavy atom. The number of aliphatic hydroxyl groups is 1. The number of aliphatic hydroxyl groups excluding tert-OH is 1. The van der Waals surface area contributed by atoms with Crippen molar-refractivity contribution in [3.8, 4) is 0 Å². The third kappa shape index (κ3) is 5.39. The zero-order valence-electron chi connectivity index (χ0n) is 12.7. The summed E-state index contributed by atoms with van der Waals surface area (Å²) in [6, 6.07) is 0.00307. The first-order valence-electron chi connectivity index (χ1n) is 7.65. The highest BCUT2D eigenvalue weighted by Crippen LogP contribution is 2.23. The normalized spacial score (nSPS) is 19.8.